The van der Waals surface area contributed by atoms with E-state index in [2.05, 4.69) is 52.8 Å². The van der Waals surface area contributed by atoms with Crippen LogP contribution in [0.2, 0.25) is 0 Å². The van der Waals surface area contributed by atoms with Crippen molar-refractivity contribution in [2.75, 3.05) is 19.6 Å². The maximum atomic E-state index is 14.3. The third kappa shape index (κ3) is 26.1. The van der Waals surface area contributed by atoms with Gasteiger partial charge >= 0.3 is 11.9 Å². The quantitative estimate of drug-likeness (QED) is 0.0151. The van der Waals surface area contributed by atoms with Gasteiger partial charge < -0.3 is 96.3 Å². The molecule has 0 heterocycles. The zero-order valence-electron chi connectivity index (χ0n) is 49.5. The number of phenolic OH excluding ortho intramolecular Hbond substituents is 2. The van der Waals surface area contributed by atoms with Gasteiger partial charge in [0.25, 0.3) is 0 Å². The number of aliphatic carboxylic acids is 2. The maximum Gasteiger partial charge on any atom is 0.326 e. The van der Waals surface area contributed by atoms with Crippen LogP contribution in [0.5, 0.6) is 11.5 Å². The Kier molecular flexibility index (Phi) is 30.8. The molecule has 88 heavy (non-hydrogen) atoms. The predicted molar refractivity (Wildman–Crippen MR) is 320 cm³/mol. The molecule has 3 aromatic carbocycles. The number of nitrogens with one attached hydrogen (secondary N) is 9. The van der Waals surface area contributed by atoms with Gasteiger partial charge in [-0.05, 0) is 99.4 Å². The largest absolute Gasteiger partial charge is 0.508 e. The zero-order valence-corrected chi connectivity index (χ0v) is 49.5. The molecule has 0 aliphatic carbocycles. The molecule has 22 N–H and O–H groups in total. The number of aliphatic hydroxyl groups is 1. The van der Waals surface area contributed by atoms with Crippen molar-refractivity contribution in [2.45, 2.75) is 152 Å². The summed E-state index contributed by atoms with van der Waals surface area (Å²) in [5.74, 6) is -12.4. The normalized spacial score (nSPS) is 14.7. The number of rotatable bonds is 38. The first-order chi connectivity index (χ1) is 41.6. The fraction of sp³-hybridized carbons (Fsp3) is 0.483. The molecular formula is C58H84N14O16. The number of guanidine groups is 1. The number of phenols is 2. The summed E-state index contributed by atoms with van der Waals surface area (Å²) in [6, 6.07) is 5.51. The Bertz CT molecular complexity index is 2860. The number of nitrogens with zero attached hydrogens (tertiary/aromatic N) is 1. The van der Waals surface area contributed by atoms with Gasteiger partial charge in [-0.15, -0.1) is 0 Å². The number of hydrogen-bond acceptors (Lipinski definition) is 17. The summed E-state index contributed by atoms with van der Waals surface area (Å²) in [5, 5.41) is 72.4. The molecular weight excluding hydrogens is 1150 g/mol. The van der Waals surface area contributed by atoms with Crippen molar-refractivity contribution in [1.29, 1.82) is 0 Å². The van der Waals surface area contributed by atoms with E-state index in [1.54, 1.807) is 37.3 Å². The summed E-state index contributed by atoms with van der Waals surface area (Å²) >= 11 is 0. The second kappa shape index (κ2) is 37.2. The molecule has 3 rings (SSSR count). The number of nitrogens with two attached hydrogens (primary N) is 4. The van der Waals surface area contributed by atoms with Crippen molar-refractivity contribution in [3.05, 3.63) is 95.6 Å². The van der Waals surface area contributed by atoms with Gasteiger partial charge in [-0.2, -0.15) is 0 Å². The van der Waals surface area contributed by atoms with Crippen LogP contribution in [0.25, 0.3) is 0 Å². The van der Waals surface area contributed by atoms with E-state index in [1.807, 2.05) is 6.92 Å². The lowest BCUT2D eigenvalue weighted by Crippen LogP contribution is -2.62. The highest BCUT2D eigenvalue weighted by atomic mass is 16.4. The monoisotopic (exact) mass is 1230 g/mol. The minimum atomic E-state index is -1.94. The van der Waals surface area contributed by atoms with Crippen LogP contribution in [0.1, 0.15) is 89.3 Å². The smallest absolute Gasteiger partial charge is 0.326 e. The summed E-state index contributed by atoms with van der Waals surface area (Å²) in [4.78, 5) is 153. The Hall–Kier alpha value is -9.42. The van der Waals surface area contributed by atoms with Crippen molar-refractivity contribution in [3.63, 3.8) is 0 Å². The highest BCUT2D eigenvalue weighted by Crippen LogP contribution is 2.15. The van der Waals surface area contributed by atoms with E-state index in [4.69, 9.17) is 22.9 Å². The second-order valence-corrected chi connectivity index (χ2v) is 21.1. The molecule has 0 bridgehead atoms. The van der Waals surface area contributed by atoms with Gasteiger partial charge in [0.1, 0.15) is 59.8 Å². The summed E-state index contributed by atoms with van der Waals surface area (Å²) < 4.78 is 0. The maximum absolute atomic E-state index is 14.3. The summed E-state index contributed by atoms with van der Waals surface area (Å²) in [6.07, 6.45) is -2.42. The van der Waals surface area contributed by atoms with Gasteiger partial charge in [0.15, 0.2) is 5.96 Å². The van der Waals surface area contributed by atoms with Gasteiger partial charge in [-0.3, -0.25) is 52.9 Å². The first kappa shape index (κ1) is 72.8. The summed E-state index contributed by atoms with van der Waals surface area (Å²) in [7, 11) is 0. The molecule has 0 spiro atoms. The van der Waals surface area contributed by atoms with Crippen LogP contribution in [0.4, 0.5) is 0 Å². The number of aromatic hydroxyl groups is 2. The van der Waals surface area contributed by atoms with Gasteiger partial charge in [-0.1, -0.05) is 74.9 Å². The Morgan fingerprint density at radius 1 is 0.523 bits per heavy atom. The van der Waals surface area contributed by atoms with Gasteiger partial charge in [0.05, 0.1) is 25.1 Å². The third-order valence-electron chi connectivity index (χ3n) is 13.9. The Labute approximate surface area is 508 Å². The first-order valence-electron chi connectivity index (χ1n) is 28.6. The topological polar surface area (TPSA) is 514 Å². The number of benzene rings is 3. The Morgan fingerprint density at radius 3 is 1.48 bits per heavy atom. The number of carbonyl (C=O) groups is 11. The number of carbonyl (C=O) groups excluding carboxylic acids is 9. The molecule has 482 valence electrons. The molecule has 0 aliphatic heterocycles. The lowest BCUT2D eigenvalue weighted by Gasteiger charge is -2.28. The highest BCUT2D eigenvalue weighted by Gasteiger charge is 2.36. The molecule has 9 amide bonds. The first-order valence-corrected chi connectivity index (χ1v) is 28.6. The predicted octanol–water partition coefficient (Wildman–Crippen LogP) is -3.36. The molecule has 30 nitrogen and oxygen atoms in total. The number of hydrogen-bond donors (Lipinski definition) is 18. The van der Waals surface area contributed by atoms with Crippen molar-refractivity contribution < 1.29 is 78.3 Å². The molecule has 0 saturated heterocycles. The number of amides is 9. The van der Waals surface area contributed by atoms with E-state index < -0.39 is 139 Å². The molecule has 0 saturated carbocycles. The lowest BCUT2D eigenvalue weighted by atomic mass is 9.99. The summed E-state index contributed by atoms with van der Waals surface area (Å²) in [5.41, 5.74) is 23.8. The van der Waals surface area contributed by atoms with E-state index in [9.17, 15) is 78.3 Å². The van der Waals surface area contributed by atoms with E-state index in [0.29, 0.717) is 29.5 Å². The van der Waals surface area contributed by atoms with Gasteiger partial charge in [-0.25, -0.2) is 4.79 Å². The molecule has 0 fully saturated rings. The van der Waals surface area contributed by atoms with Crippen LogP contribution in [0, 0.1) is 5.92 Å². The van der Waals surface area contributed by atoms with E-state index in [-0.39, 0.29) is 81.4 Å². The molecule has 11 atom stereocenters. The van der Waals surface area contributed by atoms with Gasteiger partial charge in [0, 0.05) is 25.8 Å². The van der Waals surface area contributed by atoms with E-state index >= 15 is 0 Å². The minimum Gasteiger partial charge on any atom is -0.508 e. The zero-order chi connectivity index (χ0) is 65.6. The minimum absolute atomic E-state index is 0.0531. The third-order valence-corrected chi connectivity index (χ3v) is 13.9. The average molecular weight is 1230 g/mol. The van der Waals surface area contributed by atoms with Gasteiger partial charge in [0.2, 0.25) is 53.2 Å². The van der Waals surface area contributed by atoms with Crippen molar-refractivity contribution >= 4 is 71.1 Å². The van der Waals surface area contributed by atoms with Crippen LogP contribution in [-0.4, -0.2) is 177 Å². The molecule has 0 unspecified atom stereocenters. The van der Waals surface area contributed by atoms with Crippen molar-refractivity contribution in [2.24, 2.45) is 33.8 Å². The molecule has 0 radical (unpaired) electrons. The number of carboxylic acid groups (broad SMARTS) is 2. The Balaban J connectivity index is 1.88. The van der Waals surface area contributed by atoms with Crippen LogP contribution in [-0.2, 0) is 72.0 Å². The SMILES string of the molecule is CC[C@H](C)[C@H](N)C(=O)NCC(=O)N[C@@H](Cc1ccc(O)cc1)C(=O)N[C@@H](CCCCN)C(=O)N[C@@H](CC(=O)O)C(=O)N[C@@H](Cc1ccccc1)C(=O)N[C@H](C(=O)N[C@@H](C)C(=O)N[C@@H](Cc1ccc(O)cc1)C(=O)N[C@@H](CCCN=C(N)N)C(=O)O)[C@@H](C)O. The van der Waals surface area contributed by atoms with Crippen molar-refractivity contribution in [3.8, 4) is 11.5 Å². The molecule has 0 aromatic heterocycles. The van der Waals surface area contributed by atoms with E-state index in [0.717, 1.165) is 6.92 Å². The fourth-order valence-electron chi connectivity index (χ4n) is 8.58. The molecule has 3 aromatic rings. The van der Waals surface area contributed by atoms with Crippen LogP contribution >= 0.6 is 0 Å². The van der Waals surface area contributed by atoms with E-state index in [1.165, 1.54) is 55.5 Å². The van der Waals surface area contributed by atoms with Crippen LogP contribution in [0.15, 0.2) is 83.9 Å². The Morgan fingerprint density at radius 2 is 0.977 bits per heavy atom. The number of carboxylic acids is 2. The van der Waals surface area contributed by atoms with Crippen molar-refractivity contribution in [1.82, 2.24) is 47.9 Å². The van der Waals surface area contributed by atoms with Crippen LogP contribution < -0.4 is 70.8 Å². The number of unbranched alkanes of at least 4 members (excludes halogenated alkanes) is 1. The second-order valence-electron chi connectivity index (χ2n) is 21.1. The van der Waals surface area contributed by atoms with Crippen LogP contribution in [0.3, 0.4) is 0 Å². The fourth-order valence-corrected chi connectivity index (χ4v) is 8.58. The number of aliphatic hydroxyl groups excluding tert-OH is 1. The standard InChI is InChI=1S/C58H84N14O16/c1-5-31(2)47(60)55(85)64-30-45(76)66-41(27-35-16-20-37(74)21-17-35)51(81)67-39(14-9-10-24-59)50(80)71-44(29-46(77)78)53(83)70-43(26-34-12-7-6-8-13-34)54(84)72-48(33(4)73)56(86)65-32(3)49(79)69-42(28-36-18-22-38(75)23-19-36)52(82)68-40(57(87)88)15-11-25-63-58(61)62/h6-8,12-13,16-23,31-33,39-44,47-48,73-75H,5,9-11,14-15,24-30,59-60H2,1-4H3,(H,64,85)(H,65,86)(H,66,76)(H,67,81)(H,68,82)(H,69,79)(H,70,83)(H,71,80)(H,72,84)(H,77,78)(H,87,88)(H4,61,62,63)/t31-,32-,33+,39-,40-,41-,42-,43-,44-,47-,48-/m0/s1. The number of aliphatic imine (C=N–C) groups is 1. The average Bonchev–Trinajstić information content (AvgIpc) is 3.46. The molecule has 0 aliphatic rings. The lowest BCUT2D eigenvalue weighted by molar-refractivity contribution is -0.142. The molecule has 30 heteroatoms. The summed E-state index contributed by atoms with van der Waals surface area (Å²) in [6.45, 7) is 5.58. The highest BCUT2D eigenvalue weighted by molar-refractivity contribution is 5.99.